The highest BCUT2D eigenvalue weighted by atomic mass is 32.2. The van der Waals surface area contributed by atoms with Crippen molar-refractivity contribution in [2.75, 3.05) is 0 Å². The van der Waals surface area contributed by atoms with Crippen LogP contribution in [0.25, 0.3) is 0 Å². The van der Waals surface area contributed by atoms with Crippen molar-refractivity contribution >= 4 is 9.84 Å². The van der Waals surface area contributed by atoms with Crippen LogP contribution in [0.4, 0.5) is 0 Å². The lowest BCUT2D eigenvalue weighted by Crippen LogP contribution is -2.60. The second-order valence-corrected chi connectivity index (χ2v) is 8.52. The molecule has 0 spiro atoms. The van der Waals surface area contributed by atoms with E-state index in [0.717, 1.165) is 12.8 Å². The van der Waals surface area contributed by atoms with Gasteiger partial charge < -0.3 is 5.11 Å². The maximum atomic E-state index is 12.9. The molecule has 0 aromatic heterocycles. The molecule has 1 fully saturated rings. The number of sulfone groups is 1. The number of unbranched alkanes of at least 4 members (excludes halogenated alkanes) is 1. The molecular weight excluding hydrogens is 284 g/mol. The highest BCUT2D eigenvalue weighted by molar-refractivity contribution is 7.93. The van der Waals surface area contributed by atoms with Crippen LogP contribution < -0.4 is 0 Å². The molecule has 116 valence electrons. The van der Waals surface area contributed by atoms with Crippen molar-refractivity contribution in [2.45, 2.75) is 60.7 Å². The Balaban J connectivity index is 2.28. The Kier molecular flexibility index (Phi) is 4.59. The van der Waals surface area contributed by atoms with Crippen molar-refractivity contribution in [3.05, 3.63) is 43.0 Å². The molecule has 1 aliphatic carbocycles. The summed E-state index contributed by atoms with van der Waals surface area (Å²) in [5.41, 5.74) is -0.832. The summed E-state index contributed by atoms with van der Waals surface area (Å²) in [6.07, 6.45) is 5.26. The Morgan fingerprint density at radius 1 is 1.29 bits per heavy atom. The fourth-order valence-electron chi connectivity index (χ4n) is 3.39. The number of allylic oxidation sites excluding steroid dienone is 1. The van der Waals surface area contributed by atoms with Gasteiger partial charge in [0, 0.05) is 0 Å². The van der Waals surface area contributed by atoms with Crippen LogP contribution in [0, 0.1) is 0 Å². The fraction of sp³-hybridized carbons (Fsp3) is 0.529. The van der Waals surface area contributed by atoms with Crippen molar-refractivity contribution in [3.8, 4) is 0 Å². The van der Waals surface area contributed by atoms with Crippen LogP contribution in [-0.4, -0.2) is 23.9 Å². The lowest BCUT2D eigenvalue weighted by atomic mass is 9.66. The van der Waals surface area contributed by atoms with E-state index in [4.69, 9.17) is 0 Å². The highest BCUT2D eigenvalue weighted by Crippen LogP contribution is 2.53. The first-order valence-corrected chi connectivity index (χ1v) is 9.00. The van der Waals surface area contributed by atoms with Gasteiger partial charge in [0.15, 0.2) is 9.84 Å². The van der Waals surface area contributed by atoms with E-state index in [0.29, 0.717) is 30.6 Å². The monoisotopic (exact) mass is 308 g/mol. The summed E-state index contributed by atoms with van der Waals surface area (Å²) in [5, 5.41) is 10.5. The van der Waals surface area contributed by atoms with Gasteiger partial charge in [0.1, 0.15) is 0 Å². The van der Waals surface area contributed by atoms with Crippen LogP contribution >= 0.6 is 0 Å². The van der Waals surface area contributed by atoms with Gasteiger partial charge >= 0.3 is 0 Å². The molecule has 1 saturated carbocycles. The largest absolute Gasteiger partial charge is 0.390 e. The Labute approximate surface area is 127 Å². The van der Waals surface area contributed by atoms with Crippen LogP contribution in [0.3, 0.4) is 0 Å². The van der Waals surface area contributed by atoms with Crippen LogP contribution in [-0.2, 0) is 9.84 Å². The van der Waals surface area contributed by atoms with Gasteiger partial charge in [0.25, 0.3) is 0 Å². The normalized spacial score (nSPS) is 28.9. The van der Waals surface area contributed by atoms with E-state index in [-0.39, 0.29) is 0 Å². The Morgan fingerprint density at radius 2 is 1.90 bits per heavy atom. The minimum Gasteiger partial charge on any atom is -0.390 e. The zero-order valence-corrected chi connectivity index (χ0v) is 13.4. The zero-order chi connectivity index (χ0) is 15.6. The van der Waals surface area contributed by atoms with Crippen molar-refractivity contribution in [1.82, 2.24) is 0 Å². The molecule has 0 amide bonds. The summed E-state index contributed by atoms with van der Waals surface area (Å²) in [4.78, 5) is 0.337. The molecule has 21 heavy (non-hydrogen) atoms. The van der Waals surface area contributed by atoms with E-state index in [1.807, 2.05) is 0 Å². The smallest absolute Gasteiger partial charge is 0.184 e. The van der Waals surface area contributed by atoms with Gasteiger partial charge in [-0.1, -0.05) is 44.0 Å². The van der Waals surface area contributed by atoms with E-state index in [2.05, 4.69) is 13.5 Å². The molecule has 0 aliphatic heterocycles. The Bertz CT molecular complexity index is 584. The van der Waals surface area contributed by atoms with Gasteiger partial charge in [-0.3, -0.25) is 0 Å². The molecule has 0 atom stereocenters. The number of hydrogen-bond donors (Lipinski definition) is 1. The molecule has 4 heteroatoms. The minimum atomic E-state index is -3.45. The third-order valence-corrected chi connectivity index (χ3v) is 6.93. The van der Waals surface area contributed by atoms with Crippen molar-refractivity contribution in [1.29, 1.82) is 0 Å². The van der Waals surface area contributed by atoms with Gasteiger partial charge in [-0.15, -0.1) is 6.58 Å². The molecule has 0 unspecified atom stereocenters. The molecule has 3 nitrogen and oxygen atoms in total. The van der Waals surface area contributed by atoms with E-state index in [9.17, 15) is 13.5 Å². The predicted octanol–water partition coefficient (Wildman–Crippen LogP) is 3.49. The first kappa shape index (κ1) is 16.2. The molecule has 1 aromatic rings. The molecule has 2 rings (SSSR count). The van der Waals surface area contributed by atoms with E-state index in [1.54, 1.807) is 36.4 Å². The summed E-state index contributed by atoms with van der Waals surface area (Å²) in [6, 6.07) is 8.53. The summed E-state index contributed by atoms with van der Waals surface area (Å²) in [6.45, 7) is 5.77. The third-order valence-electron chi connectivity index (χ3n) is 4.44. The first-order valence-electron chi connectivity index (χ1n) is 7.52. The van der Waals surface area contributed by atoms with Gasteiger partial charge in [0.2, 0.25) is 0 Å². The molecule has 0 bridgehead atoms. The third kappa shape index (κ3) is 2.92. The average molecular weight is 308 g/mol. The summed E-state index contributed by atoms with van der Waals surface area (Å²) >= 11 is 0. The highest BCUT2D eigenvalue weighted by Gasteiger charge is 2.60. The predicted molar refractivity (Wildman–Crippen MR) is 84.9 cm³/mol. The number of hydrogen-bond acceptors (Lipinski definition) is 3. The average Bonchev–Trinajstić information content (AvgIpc) is 2.44. The van der Waals surface area contributed by atoms with E-state index >= 15 is 0 Å². The summed E-state index contributed by atoms with van der Waals surface area (Å²) in [5.74, 6) is 0. The Morgan fingerprint density at radius 3 is 2.43 bits per heavy atom. The van der Waals surface area contributed by atoms with E-state index in [1.165, 1.54) is 0 Å². The zero-order valence-electron chi connectivity index (χ0n) is 12.6. The molecule has 0 heterocycles. The van der Waals surface area contributed by atoms with Gasteiger partial charge in [-0.05, 0) is 37.8 Å². The molecule has 1 aliphatic rings. The summed E-state index contributed by atoms with van der Waals surface area (Å²) in [7, 11) is -3.45. The fourth-order valence-corrected chi connectivity index (χ4v) is 5.66. The van der Waals surface area contributed by atoms with E-state index < -0.39 is 20.2 Å². The SMILES string of the molecule is C=CCC1(S(=O)(=O)c2ccccc2)CC(O)(CCCC)C1. The lowest BCUT2D eigenvalue weighted by Gasteiger charge is -2.52. The van der Waals surface area contributed by atoms with Crippen molar-refractivity contribution in [2.24, 2.45) is 0 Å². The first-order chi connectivity index (χ1) is 9.89. The number of benzene rings is 1. The topological polar surface area (TPSA) is 54.4 Å². The number of rotatable bonds is 7. The van der Waals surface area contributed by atoms with Crippen LogP contribution in [0.1, 0.15) is 45.4 Å². The van der Waals surface area contributed by atoms with Gasteiger partial charge in [-0.25, -0.2) is 8.42 Å². The molecule has 1 aromatic carbocycles. The second-order valence-electron chi connectivity index (χ2n) is 6.17. The lowest BCUT2D eigenvalue weighted by molar-refractivity contribution is -0.0681. The standard InChI is InChI=1S/C17H24O3S/c1-3-5-12-16(18)13-17(14-16,11-4-2)21(19,20)15-9-7-6-8-10-15/h4,6-10,18H,2-3,5,11-14H2,1H3. The van der Waals surface area contributed by atoms with Crippen molar-refractivity contribution < 1.29 is 13.5 Å². The van der Waals surface area contributed by atoms with Gasteiger partial charge in [-0.2, -0.15) is 0 Å². The second kappa shape index (κ2) is 5.93. The minimum absolute atomic E-state index is 0.309. The number of aliphatic hydroxyl groups is 1. The maximum Gasteiger partial charge on any atom is 0.184 e. The maximum absolute atomic E-state index is 12.9. The van der Waals surface area contributed by atoms with Crippen molar-refractivity contribution in [3.63, 3.8) is 0 Å². The Hall–Kier alpha value is -1.13. The van der Waals surface area contributed by atoms with Crippen LogP contribution in [0.2, 0.25) is 0 Å². The molecular formula is C17H24O3S. The van der Waals surface area contributed by atoms with Crippen LogP contribution in [0.15, 0.2) is 47.9 Å². The van der Waals surface area contributed by atoms with Gasteiger partial charge in [0.05, 0.1) is 15.2 Å². The molecule has 0 radical (unpaired) electrons. The summed E-state index contributed by atoms with van der Waals surface area (Å²) < 4.78 is 25.0. The molecule has 0 saturated heterocycles. The quantitative estimate of drug-likeness (QED) is 0.784. The van der Waals surface area contributed by atoms with Crippen LogP contribution in [0.5, 0.6) is 0 Å². The molecule has 1 N–H and O–H groups in total.